The molecule has 0 unspecified atom stereocenters. The molecule has 0 N–H and O–H groups in total. The van der Waals surface area contributed by atoms with Gasteiger partial charge in [0.1, 0.15) is 17.4 Å². The van der Waals surface area contributed by atoms with E-state index in [-0.39, 0.29) is 0 Å². The minimum Gasteiger partial charge on any atom is -0.494 e. The maximum atomic E-state index is 5.49. The van der Waals surface area contributed by atoms with Crippen LogP contribution in [0.2, 0.25) is 0 Å². The van der Waals surface area contributed by atoms with E-state index in [2.05, 4.69) is 21.7 Å². The highest BCUT2D eigenvalue weighted by Crippen LogP contribution is 2.22. The summed E-state index contributed by atoms with van der Waals surface area (Å²) < 4.78 is 7.56. The van der Waals surface area contributed by atoms with E-state index in [1.165, 1.54) is 0 Å². The van der Waals surface area contributed by atoms with E-state index in [1.807, 2.05) is 73.7 Å². The van der Waals surface area contributed by atoms with E-state index in [1.54, 1.807) is 6.20 Å². The Morgan fingerprint density at radius 2 is 1.73 bits per heavy atom. The fourth-order valence-corrected chi connectivity index (χ4v) is 2.90. The molecule has 2 aromatic heterocycles. The zero-order valence-corrected chi connectivity index (χ0v) is 14.5. The molecule has 0 bridgehead atoms. The van der Waals surface area contributed by atoms with Crippen molar-refractivity contribution in [1.82, 2.24) is 14.5 Å². The van der Waals surface area contributed by atoms with E-state index >= 15 is 0 Å². The van der Waals surface area contributed by atoms with Crippen molar-refractivity contribution in [3.63, 3.8) is 0 Å². The third kappa shape index (κ3) is 3.22. The van der Waals surface area contributed by atoms with Gasteiger partial charge in [0.2, 0.25) is 0 Å². The normalized spacial score (nSPS) is 11.3. The highest BCUT2D eigenvalue weighted by Gasteiger charge is 2.10. The average Bonchev–Trinajstić information content (AvgIpc) is 3.07. The molecule has 0 radical (unpaired) electrons. The first-order valence-electron chi connectivity index (χ1n) is 8.65. The zero-order chi connectivity index (χ0) is 17.8. The number of benzene rings is 2. The highest BCUT2D eigenvalue weighted by atomic mass is 16.5. The number of hydrogen-bond donors (Lipinski definition) is 0. The monoisotopic (exact) mass is 341 g/mol. The lowest BCUT2D eigenvalue weighted by molar-refractivity contribution is 0.340. The molecule has 4 heteroatoms. The fraction of sp³-hybridized carbons (Fsp3) is 0.0909. The topological polar surface area (TPSA) is 39.9 Å². The summed E-state index contributed by atoms with van der Waals surface area (Å²) in [5.41, 5.74) is 3.08. The van der Waals surface area contributed by atoms with E-state index in [0.29, 0.717) is 6.61 Å². The summed E-state index contributed by atoms with van der Waals surface area (Å²) in [5, 5.41) is 0. The summed E-state index contributed by atoms with van der Waals surface area (Å²) in [5.74, 6) is 2.58. The minimum absolute atomic E-state index is 0.670. The number of nitrogens with zero attached hydrogens (tertiary/aromatic N) is 3. The summed E-state index contributed by atoms with van der Waals surface area (Å²) in [6.45, 7) is 2.65. The molecule has 2 aromatic carbocycles. The van der Waals surface area contributed by atoms with Gasteiger partial charge in [0, 0.05) is 6.20 Å². The second kappa shape index (κ2) is 7.23. The molecule has 128 valence electrons. The van der Waals surface area contributed by atoms with Gasteiger partial charge < -0.3 is 4.74 Å². The van der Waals surface area contributed by atoms with E-state index < -0.39 is 0 Å². The molecular weight excluding hydrogens is 322 g/mol. The first-order valence-corrected chi connectivity index (χ1v) is 8.65. The van der Waals surface area contributed by atoms with E-state index in [9.17, 15) is 0 Å². The lowest BCUT2D eigenvalue weighted by Gasteiger charge is -2.05. The lowest BCUT2D eigenvalue weighted by atomic mass is 10.2. The minimum atomic E-state index is 0.670. The van der Waals surface area contributed by atoms with Crippen molar-refractivity contribution in [2.45, 2.75) is 6.92 Å². The molecule has 0 fully saturated rings. The summed E-state index contributed by atoms with van der Waals surface area (Å²) in [7, 11) is 0. The molecule has 0 aliphatic heterocycles. The van der Waals surface area contributed by atoms with Crippen LogP contribution in [-0.2, 0) is 0 Å². The van der Waals surface area contributed by atoms with Crippen LogP contribution in [0.3, 0.4) is 0 Å². The Morgan fingerprint density at radius 3 is 2.50 bits per heavy atom. The fourth-order valence-electron chi connectivity index (χ4n) is 2.90. The Labute approximate surface area is 152 Å². The SMILES string of the molecule is CCOc1ccc(C=Cc2nc3ccccc3n2-c2ccccn2)cc1. The number of fused-ring (bicyclic) bond motifs is 1. The number of para-hydroxylation sites is 2. The standard InChI is InChI=1S/C22H19N3O/c1-2-26-18-13-10-17(11-14-18)12-15-22-24-19-7-3-4-8-20(19)25(22)21-9-5-6-16-23-21/h3-16H,2H2,1H3. The van der Waals surface area contributed by atoms with Crippen LogP contribution in [0.25, 0.3) is 29.0 Å². The van der Waals surface area contributed by atoms with Gasteiger partial charge in [-0.1, -0.05) is 36.4 Å². The smallest absolute Gasteiger partial charge is 0.139 e. The van der Waals surface area contributed by atoms with Crippen molar-refractivity contribution in [3.05, 3.63) is 84.3 Å². The molecule has 2 heterocycles. The van der Waals surface area contributed by atoms with Gasteiger partial charge in [-0.05, 0) is 55.0 Å². The van der Waals surface area contributed by atoms with Crippen LogP contribution in [0.4, 0.5) is 0 Å². The average molecular weight is 341 g/mol. The molecule has 0 saturated carbocycles. The van der Waals surface area contributed by atoms with Crippen LogP contribution in [0.15, 0.2) is 72.9 Å². The summed E-state index contributed by atoms with van der Waals surface area (Å²) in [6, 6.07) is 22.0. The van der Waals surface area contributed by atoms with E-state index in [4.69, 9.17) is 9.72 Å². The Bertz CT molecular complexity index is 1030. The molecule has 0 aliphatic carbocycles. The Balaban J connectivity index is 1.74. The van der Waals surface area contributed by atoms with Gasteiger partial charge in [-0.3, -0.25) is 4.57 Å². The molecule has 0 atom stereocenters. The zero-order valence-electron chi connectivity index (χ0n) is 14.5. The molecule has 4 nitrogen and oxygen atoms in total. The molecule has 0 amide bonds. The summed E-state index contributed by atoms with van der Waals surface area (Å²) >= 11 is 0. The van der Waals surface area contributed by atoms with Gasteiger partial charge in [0.05, 0.1) is 17.6 Å². The van der Waals surface area contributed by atoms with Crippen LogP contribution in [0.1, 0.15) is 18.3 Å². The lowest BCUT2D eigenvalue weighted by Crippen LogP contribution is -1.99. The van der Waals surface area contributed by atoms with Crippen molar-refractivity contribution < 1.29 is 4.74 Å². The summed E-state index contributed by atoms with van der Waals surface area (Å²) in [4.78, 5) is 9.25. The number of hydrogen-bond acceptors (Lipinski definition) is 3. The quantitative estimate of drug-likeness (QED) is 0.513. The first-order chi connectivity index (χ1) is 12.8. The Hall–Kier alpha value is -3.40. The van der Waals surface area contributed by atoms with Crippen LogP contribution in [0, 0.1) is 0 Å². The summed E-state index contributed by atoms with van der Waals surface area (Å²) in [6.07, 6.45) is 5.87. The maximum absolute atomic E-state index is 5.49. The third-order valence-corrected chi connectivity index (χ3v) is 4.08. The molecule has 26 heavy (non-hydrogen) atoms. The predicted octanol–water partition coefficient (Wildman–Crippen LogP) is 4.99. The van der Waals surface area contributed by atoms with Gasteiger partial charge in [-0.2, -0.15) is 0 Å². The third-order valence-electron chi connectivity index (χ3n) is 4.08. The highest BCUT2D eigenvalue weighted by molar-refractivity contribution is 5.81. The molecule has 4 rings (SSSR count). The van der Waals surface area contributed by atoms with Crippen LogP contribution >= 0.6 is 0 Å². The van der Waals surface area contributed by atoms with Crippen molar-refractivity contribution in [3.8, 4) is 11.6 Å². The van der Waals surface area contributed by atoms with Crippen molar-refractivity contribution >= 4 is 23.2 Å². The van der Waals surface area contributed by atoms with Gasteiger partial charge in [0.15, 0.2) is 0 Å². The number of imidazole rings is 1. The van der Waals surface area contributed by atoms with Gasteiger partial charge >= 0.3 is 0 Å². The van der Waals surface area contributed by atoms with Gasteiger partial charge in [-0.25, -0.2) is 9.97 Å². The Kier molecular flexibility index (Phi) is 4.48. The maximum Gasteiger partial charge on any atom is 0.139 e. The van der Waals surface area contributed by atoms with Crippen LogP contribution in [-0.4, -0.2) is 21.1 Å². The predicted molar refractivity (Wildman–Crippen MR) is 105 cm³/mol. The second-order valence-corrected chi connectivity index (χ2v) is 5.82. The molecular formula is C22H19N3O. The molecule has 0 saturated heterocycles. The molecule has 0 spiro atoms. The van der Waals surface area contributed by atoms with Crippen molar-refractivity contribution in [2.75, 3.05) is 6.61 Å². The Morgan fingerprint density at radius 1 is 0.923 bits per heavy atom. The molecule has 0 aliphatic rings. The molecule has 4 aromatic rings. The first kappa shape index (κ1) is 16.1. The van der Waals surface area contributed by atoms with Gasteiger partial charge in [0.25, 0.3) is 0 Å². The number of pyridine rings is 1. The second-order valence-electron chi connectivity index (χ2n) is 5.82. The van der Waals surface area contributed by atoms with E-state index in [0.717, 1.165) is 34.0 Å². The van der Waals surface area contributed by atoms with Crippen LogP contribution in [0.5, 0.6) is 5.75 Å². The largest absolute Gasteiger partial charge is 0.494 e. The van der Waals surface area contributed by atoms with Gasteiger partial charge in [-0.15, -0.1) is 0 Å². The number of rotatable bonds is 5. The van der Waals surface area contributed by atoms with Crippen molar-refractivity contribution in [1.29, 1.82) is 0 Å². The van der Waals surface area contributed by atoms with Crippen molar-refractivity contribution in [2.24, 2.45) is 0 Å². The van der Waals surface area contributed by atoms with Crippen LogP contribution < -0.4 is 4.74 Å². The number of aromatic nitrogens is 3. The number of ether oxygens (including phenoxy) is 1.